The molecule has 0 saturated carbocycles. The first kappa shape index (κ1) is 14.0. The van der Waals surface area contributed by atoms with Crippen molar-refractivity contribution in [1.29, 1.82) is 10.5 Å². The van der Waals surface area contributed by atoms with Gasteiger partial charge in [0, 0.05) is 18.8 Å². The fraction of sp³-hybridized carbons (Fsp3) is 0.429. The van der Waals surface area contributed by atoms with Crippen LogP contribution in [0.5, 0.6) is 0 Å². The molecule has 1 aromatic rings. The summed E-state index contributed by atoms with van der Waals surface area (Å²) in [5.74, 6) is 0. The zero-order valence-electron chi connectivity index (χ0n) is 10.5. The van der Waals surface area contributed by atoms with Gasteiger partial charge in [-0.2, -0.15) is 10.5 Å². The first-order valence-electron chi connectivity index (χ1n) is 5.96. The van der Waals surface area contributed by atoms with Gasteiger partial charge in [-0.15, -0.1) is 0 Å². The summed E-state index contributed by atoms with van der Waals surface area (Å²) in [5.41, 5.74) is 1.07. The van der Waals surface area contributed by atoms with E-state index in [0.717, 1.165) is 5.69 Å². The SMILES string of the molecule is CC(C#N)OCCN(CCC#N)c1ccccc1. The molecule has 0 aliphatic heterocycles. The summed E-state index contributed by atoms with van der Waals surface area (Å²) >= 11 is 0. The summed E-state index contributed by atoms with van der Waals surface area (Å²) in [7, 11) is 0. The number of hydrogen-bond acceptors (Lipinski definition) is 4. The molecule has 0 spiro atoms. The third-order valence-electron chi connectivity index (χ3n) is 2.53. The number of benzene rings is 1. The number of para-hydroxylation sites is 1. The quantitative estimate of drug-likeness (QED) is 0.737. The first-order valence-corrected chi connectivity index (χ1v) is 5.96. The summed E-state index contributed by atoms with van der Waals surface area (Å²) in [4.78, 5) is 2.09. The predicted molar refractivity (Wildman–Crippen MR) is 69.9 cm³/mol. The molecule has 1 atom stereocenters. The van der Waals surface area contributed by atoms with E-state index in [2.05, 4.69) is 11.0 Å². The zero-order valence-corrected chi connectivity index (χ0v) is 10.5. The Labute approximate surface area is 108 Å². The maximum Gasteiger partial charge on any atom is 0.141 e. The Morgan fingerprint density at radius 3 is 2.56 bits per heavy atom. The van der Waals surface area contributed by atoms with Crippen molar-refractivity contribution in [2.45, 2.75) is 19.4 Å². The van der Waals surface area contributed by atoms with Gasteiger partial charge in [0.15, 0.2) is 0 Å². The maximum absolute atomic E-state index is 8.66. The lowest BCUT2D eigenvalue weighted by Gasteiger charge is -2.23. The van der Waals surface area contributed by atoms with Crippen LogP contribution in [0.4, 0.5) is 5.69 Å². The highest BCUT2D eigenvalue weighted by atomic mass is 16.5. The summed E-state index contributed by atoms with van der Waals surface area (Å²) < 4.78 is 5.34. The average Bonchev–Trinajstić information content (AvgIpc) is 2.43. The molecule has 0 radical (unpaired) electrons. The normalized spacial score (nSPS) is 11.3. The minimum Gasteiger partial charge on any atom is -0.368 e. The number of nitrogens with zero attached hydrogens (tertiary/aromatic N) is 3. The predicted octanol–water partition coefficient (Wildman–Crippen LogP) is 2.34. The molecule has 0 aromatic heterocycles. The van der Waals surface area contributed by atoms with Gasteiger partial charge < -0.3 is 9.64 Å². The molecular formula is C14H17N3O. The van der Waals surface area contributed by atoms with Gasteiger partial charge in [-0.3, -0.25) is 0 Å². The highest BCUT2D eigenvalue weighted by Crippen LogP contribution is 2.13. The minimum atomic E-state index is -0.390. The number of hydrogen-bond donors (Lipinski definition) is 0. The van der Waals surface area contributed by atoms with E-state index in [-0.39, 0.29) is 0 Å². The van der Waals surface area contributed by atoms with Gasteiger partial charge in [-0.1, -0.05) is 18.2 Å². The zero-order chi connectivity index (χ0) is 13.2. The monoisotopic (exact) mass is 243 g/mol. The molecule has 0 aliphatic carbocycles. The molecule has 0 heterocycles. The maximum atomic E-state index is 8.66. The molecule has 0 fully saturated rings. The Morgan fingerprint density at radius 1 is 1.22 bits per heavy atom. The molecule has 0 saturated heterocycles. The van der Waals surface area contributed by atoms with Crippen LogP contribution in [0.15, 0.2) is 30.3 Å². The molecule has 1 rings (SSSR count). The van der Waals surface area contributed by atoms with Gasteiger partial charge in [0.25, 0.3) is 0 Å². The van der Waals surface area contributed by atoms with E-state index < -0.39 is 6.10 Å². The second-order valence-corrected chi connectivity index (χ2v) is 3.87. The van der Waals surface area contributed by atoms with Crippen molar-refractivity contribution in [3.63, 3.8) is 0 Å². The van der Waals surface area contributed by atoms with Crippen LogP contribution in [0.1, 0.15) is 13.3 Å². The molecule has 18 heavy (non-hydrogen) atoms. The van der Waals surface area contributed by atoms with Crippen LogP contribution in [0.25, 0.3) is 0 Å². The molecule has 0 amide bonds. The van der Waals surface area contributed by atoms with Gasteiger partial charge in [-0.05, 0) is 19.1 Å². The molecule has 94 valence electrons. The van der Waals surface area contributed by atoms with Crippen LogP contribution in [-0.2, 0) is 4.74 Å². The van der Waals surface area contributed by atoms with E-state index in [1.54, 1.807) is 6.92 Å². The van der Waals surface area contributed by atoms with Crippen molar-refractivity contribution in [1.82, 2.24) is 0 Å². The number of ether oxygens (including phenoxy) is 1. The minimum absolute atomic E-state index is 0.390. The smallest absolute Gasteiger partial charge is 0.141 e. The van der Waals surface area contributed by atoms with Gasteiger partial charge >= 0.3 is 0 Å². The fourth-order valence-corrected chi connectivity index (χ4v) is 1.57. The lowest BCUT2D eigenvalue weighted by molar-refractivity contribution is 0.108. The summed E-state index contributed by atoms with van der Waals surface area (Å²) in [6.45, 7) is 3.56. The van der Waals surface area contributed by atoms with E-state index in [1.165, 1.54) is 0 Å². The number of anilines is 1. The third-order valence-corrected chi connectivity index (χ3v) is 2.53. The molecular weight excluding hydrogens is 226 g/mol. The largest absolute Gasteiger partial charge is 0.368 e. The van der Waals surface area contributed by atoms with E-state index in [4.69, 9.17) is 15.3 Å². The molecule has 0 bridgehead atoms. The molecule has 0 N–H and O–H groups in total. The number of nitriles is 2. The molecule has 4 nitrogen and oxygen atoms in total. The van der Waals surface area contributed by atoms with Crippen molar-refractivity contribution in [3.8, 4) is 12.1 Å². The van der Waals surface area contributed by atoms with Gasteiger partial charge in [0.1, 0.15) is 6.10 Å². The van der Waals surface area contributed by atoms with Gasteiger partial charge in [0.05, 0.1) is 25.2 Å². The topological polar surface area (TPSA) is 60.0 Å². The summed E-state index contributed by atoms with van der Waals surface area (Å²) in [5, 5.41) is 17.3. The Balaban J connectivity index is 2.52. The van der Waals surface area contributed by atoms with E-state index >= 15 is 0 Å². The Bertz CT molecular complexity index is 419. The van der Waals surface area contributed by atoms with E-state index in [0.29, 0.717) is 26.1 Å². The second-order valence-electron chi connectivity index (χ2n) is 3.87. The lowest BCUT2D eigenvalue weighted by Crippen LogP contribution is -2.29. The molecule has 4 heteroatoms. The van der Waals surface area contributed by atoms with Crippen LogP contribution in [0.2, 0.25) is 0 Å². The van der Waals surface area contributed by atoms with Crippen molar-refractivity contribution in [2.24, 2.45) is 0 Å². The van der Waals surface area contributed by atoms with Crippen molar-refractivity contribution < 1.29 is 4.74 Å². The van der Waals surface area contributed by atoms with Crippen molar-refractivity contribution in [2.75, 3.05) is 24.6 Å². The Kier molecular flexibility index (Phi) is 6.32. The molecule has 1 unspecified atom stereocenters. The first-order chi connectivity index (χ1) is 8.77. The second kappa shape index (κ2) is 8.11. The van der Waals surface area contributed by atoms with Crippen LogP contribution in [0.3, 0.4) is 0 Å². The third kappa shape index (κ3) is 4.86. The van der Waals surface area contributed by atoms with E-state index in [1.807, 2.05) is 36.4 Å². The van der Waals surface area contributed by atoms with Crippen molar-refractivity contribution >= 4 is 5.69 Å². The Morgan fingerprint density at radius 2 is 1.94 bits per heavy atom. The molecule has 1 aromatic carbocycles. The molecule has 0 aliphatic rings. The highest BCUT2D eigenvalue weighted by Gasteiger charge is 2.06. The average molecular weight is 243 g/mol. The van der Waals surface area contributed by atoms with Crippen LogP contribution in [-0.4, -0.2) is 25.8 Å². The van der Waals surface area contributed by atoms with Crippen LogP contribution < -0.4 is 4.90 Å². The fourth-order valence-electron chi connectivity index (χ4n) is 1.57. The number of rotatable bonds is 7. The van der Waals surface area contributed by atoms with Crippen LogP contribution in [0, 0.1) is 22.7 Å². The summed E-state index contributed by atoms with van der Waals surface area (Å²) in [6.07, 6.45) is 0.0847. The summed E-state index contributed by atoms with van der Waals surface area (Å²) in [6, 6.07) is 14.1. The standard InChI is InChI=1S/C14H17N3O/c1-13(12-16)18-11-10-17(9-5-8-15)14-6-3-2-4-7-14/h2-4,6-7,13H,5,9-11H2,1H3. The van der Waals surface area contributed by atoms with Crippen molar-refractivity contribution in [3.05, 3.63) is 30.3 Å². The highest BCUT2D eigenvalue weighted by molar-refractivity contribution is 5.45. The Hall–Kier alpha value is -2.04. The van der Waals surface area contributed by atoms with Crippen LogP contribution >= 0.6 is 0 Å². The van der Waals surface area contributed by atoms with Gasteiger partial charge in [0.2, 0.25) is 0 Å². The lowest BCUT2D eigenvalue weighted by atomic mass is 10.2. The van der Waals surface area contributed by atoms with E-state index in [9.17, 15) is 0 Å². The van der Waals surface area contributed by atoms with Gasteiger partial charge in [-0.25, -0.2) is 0 Å².